The number of carbonyl (C=O) groups excluding carboxylic acids is 2. The lowest BCUT2D eigenvalue weighted by atomic mass is 10.1. The zero-order valence-electron chi connectivity index (χ0n) is 16.3. The molecule has 0 spiro atoms. The second-order valence-corrected chi connectivity index (χ2v) is 7.32. The summed E-state index contributed by atoms with van der Waals surface area (Å²) in [6.45, 7) is 8.26. The molecule has 5 heteroatoms. The van der Waals surface area contributed by atoms with E-state index in [0.717, 1.165) is 28.3 Å². The molecule has 1 N–H and O–H groups in total. The predicted molar refractivity (Wildman–Crippen MR) is 107 cm³/mol. The summed E-state index contributed by atoms with van der Waals surface area (Å²) in [6.07, 6.45) is 0.323. The van der Waals surface area contributed by atoms with Gasteiger partial charge in [-0.05, 0) is 63.1 Å². The first kappa shape index (κ1) is 19.0. The SMILES string of the molecule is Cc1cccc(C)c1NC(=O)[C@H]1CC(=O)N(c2ccc(OC(C)C)cc2)C1. The third kappa shape index (κ3) is 4.30. The third-order valence-corrected chi connectivity index (χ3v) is 4.75. The van der Waals surface area contributed by atoms with Gasteiger partial charge in [0.1, 0.15) is 5.75 Å². The maximum absolute atomic E-state index is 12.7. The molecule has 5 nitrogen and oxygen atoms in total. The molecule has 1 atom stereocenters. The second-order valence-electron chi connectivity index (χ2n) is 7.32. The Balaban J connectivity index is 1.69. The molecule has 0 aromatic heterocycles. The van der Waals surface area contributed by atoms with Gasteiger partial charge in [-0.15, -0.1) is 0 Å². The highest BCUT2D eigenvalue weighted by Crippen LogP contribution is 2.28. The summed E-state index contributed by atoms with van der Waals surface area (Å²) >= 11 is 0. The monoisotopic (exact) mass is 366 g/mol. The maximum atomic E-state index is 12.7. The van der Waals surface area contributed by atoms with Crippen LogP contribution in [0.25, 0.3) is 0 Å². The minimum absolute atomic E-state index is 0.0332. The molecule has 1 aliphatic heterocycles. The van der Waals surface area contributed by atoms with Crippen molar-refractivity contribution in [1.29, 1.82) is 0 Å². The van der Waals surface area contributed by atoms with Crippen LogP contribution in [0.5, 0.6) is 5.75 Å². The van der Waals surface area contributed by atoms with Crippen molar-refractivity contribution < 1.29 is 14.3 Å². The van der Waals surface area contributed by atoms with Crippen LogP contribution in [0.15, 0.2) is 42.5 Å². The Labute approximate surface area is 160 Å². The largest absolute Gasteiger partial charge is 0.491 e. The summed E-state index contributed by atoms with van der Waals surface area (Å²) in [5.74, 6) is 0.269. The number of rotatable bonds is 5. The summed E-state index contributed by atoms with van der Waals surface area (Å²) in [4.78, 5) is 26.8. The quantitative estimate of drug-likeness (QED) is 0.867. The van der Waals surface area contributed by atoms with E-state index < -0.39 is 0 Å². The van der Waals surface area contributed by atoms with Crippen LogP contribution in [0.3, 0.4) is 0 Å². The Kier molecular flexibility index (Phi) is 5.49. The number of hydrogen-bond acceptors (Lipinski definition) is 3. The molecule has 0 saturated carbocycles. The van der Waals surface area contributed by atoms with Gasteiger partial charge in [0, 0.05) is 24.3 Å². The second kappa shape index (κ2) is 7.82. The fourth-order valence-corrected chi connectivity index (χ4v) is 3.35. The van der Waals surface area contributed by atoms with Gasteiger partial charge in [0.2, 0.25) is 11.8 Å². The minimum Gasteiger partial charge on any atom is -0.491 e. The highest BCUT2D eigenvalue weighted by molar-refractivity contribution is 6.03. The molecular weight excluding hydrogens is 340 g/mol. The van der Waals surface area contributed by atoms with Gasteiger partial charge in [0.15, 0.2) is 0 Å². The number of anilines is 2. The van der Waals surface area contributed by atoms with E-state index in [0.29, 0.717) is 6.54 Å². The summed E-state index contributed by atoms with van der Waals surface area (Å²) in [6, 6.07) is 13.3. The highest BCUT2D eigenvalue weighted by Gasteiger charge is 2.35. The number of benzene rings is 2. The van der Waals surface area contributed by atoms with Crippen molar-refractivity contribution in [1.82, 2.24) is 0 Å². The molecule has 0 bridgehead atoms. The van der Waals surface area contributed by atoms with E-state index in [4.69, 9.17) is 4.74 Å². The molecule has 27 heavy (non-hydrogen) atoms. The van der Waals surface area contributed by atoms with Crippen LogP contribution < -0.4 is 15.0 Å². The third-order valence-electron chi connectivity index (χ3n) is 4.75. The van der Waals surface area contributed by atoms with E-state index in [1.807, 2.05) is 70.2 Å². The highest BCUT2D eigenvalue weighted by atomic mass is 16.5. The molecule has 2 amide bonds. The van der Waals surface area contributed by atoms with Crippen molar-refractivity contribution in [2.45, 2.75) is 40.2 Å². The van der Waals surface area contributed by atoms with Crippen molar-refractivity contribution in [3.05, 3.63) is 53.6 Å². The summed E-state index contributed by atoms with van der Waals surface area (Å²) in [5.41, 5.74) is 3.66. The van der Waals surface area contributed by atoms with Gasteiger partial charge in [-0.25, -0.2) is 0 Å². The number of nitrogens with zero attached hydrogens (tertiary/aromatic N) is 1. The Morgan fingerprint density at radius 1 is 1.11 bits per heavy atom. The fraction of sp³-hybridized carbons (Fsp3) is 0.364. The van der Waals surface area contributed by atoms with E-state index in [1.54, 1.807) is 4.90 Å². The zero-order valence-corrected chi connectivity index (χ0v) is 16.3. The number of aryl methyl sites for hydroxylation is 2. The lowest BCUT2D eigenvalue weighted by molar-refractivity contribution is -0.122. The first-order valence-corrected chi connectivity index (χ1v) is 9.29. The van der Waals surface area contributed by atoms with Crippen LogP contribution in [-0.2, 0) is 9.59 Å². The van der Waals surface area contributed by atoms with Crippen LogP contribution in [0.1, 0.15) is 31.4 Å². The summed E-state index contributed by atoms with van der Waals surface area (Å²) < 4.78 is 5.64. The van der Waals surface area contributed by atoms with E-state index in [9.17, 15) is 9.59 Å². The Morgan fingerprint density at radius 3 is 2.33 bits per heavy atom. The number of para-hydroxylation sites is 1. The number of amides is 2. The number of carbonyl (C=O) groups is 2. The van der Waals surface area contributed by atoms with Crippen LogP contribution in [0.4, 0.5) is 11.4 Å². The lowest BCUT2D eigenvalue weighted by Crippen LogP contribution is -2.28. The maximum Gasteiger partial charge on any atom is 0.229 e. The lowest BCUT2D eigenvalue weighted by Gasteiger charge is -2.18. The average molecular weight is 366 g/mol. The zero-order chi connectivity index (χ0) is 19.6. The minimum atomic E-state index is -0.358. The van der Waals surface area contributed by atoms with Crippen molar-refractivity contribution in [3.63, 3.8) is 0 Å². The molecular formula is C22H26N2O3. The molecule has 0 unspecified atom stereocenters. The number of nitrogens with one attached hydrogen (secondary N) is 1. The van der Waals surface area contributed by atoms with Gasteiger partial charge < -0.3 is 15.0 Å². The molecule has 2 aromatic rings. The van der Waals surface area contributed by atoms with E-state index in [-0.39, 0.29) is 30.3 Å². The van der Waals surface area contributed by atoms with Crippen LogP contribution in [-0.4, -0.2) is 24.5 Å². The summed E-state index contributed by atoms with van der Waals surface area (Å²) in [7, 11) is 0. The van der Waals surface area contributed by atoms with E-state index >= 15 is 0 Å². The molecule has 142 valence electrons. The van der Waals surface area contributed by atoms with Crippen LogP contribution >= 0.6 is 0 Å². The fourth-order valence-electron chi connectivity index (χ4n) is 3.35. The van der Waals surface area contributed by atoms with Crippen molar-refractivity contribution in [3.8, 4) is 5.75 Å². The predicted octanol–water partition coefficient (Wildman–Crippen LogP) is 4.08. The van der Waals surface area contributed by atoms with Gasteiger partial charge in [0.05, 0.1) is 12.0 Å². The normalized spacial score (nSPS) is 16.7. The van der Waals surface area contributed by atoms with Gasteiger partial charge in [-0.3, -0.25) is 9.59 Å². The summed E-state index contributed by atoms with van der Waals surface area (Å²) in [5, 5.41) is 3.01. The smallest absolute Gasteiger partial charge is 0.229 e. The van der Waals surface area contributed by atoms with Gasteiger partial charge in [-0.2, -0.15) is 0 Å². The van der Waals surface area contributed by atoms with E-state index in [1.165, 1.54) is 0 Å². The number of hydrogen-bond donors (Lipinski definition) is 1. The van der Waals surface area contributed by atoms with Crippen LogP contribution in [0.2, 0.25) is 0 Å². The molecule has 0 radical (unpaired) electrons. The molecule has 1 saturated heterocycles. The average Bonchev–Trinajstić information content (AvgIpc) is 3.00. The topological polar surface area (TPSA) is 58.6 Å². The van der Waals surface area contributed by atoms with Gasteiger partial charge in [0.25, 0.3) is 0 Å². The Hall–Kier alpha value is -2.82. The molecule has 1 heterocycles. The van der Waals surface area contributed by atoms with Crippen LogP contribution in [0, 0.1) is 19.8 Å². The first-order chi connectivity index (χ1) is 12.8. The molecule has 1 fully saturated rings. The number of ether oxygens (including phenoxy) is 1. The van der Waals surface area contributed by atoms with Gasteiger partial charge in [-0.1, -0.05) is 18.2 Å². The van der Waals surface area contributed by atoms with Crippen molar-refractivity contribution in [2.75, 3.05) is 16.8 Å². The standard InChI is InChI=1S/C22H26N2O3/c1-14(2)27-19-10-8-18(9-11-19)24-13-17(12-20(24)25)22(26)23-21-15(3)6-5-7-16(21)4/h5-11,14,17H,12-13H2,1-4H3,(H,23,26)/t17-/m0/s1. The van der Waals surface area contributed by atoms with Crippen molar-refractivity contribution in [2.24, 2.45) is 5.92 Å². The Morgan fingerprint density at radius 2 is 1.74 bits per heavy atom. The first-order valence-electron chi connectivity index (χ1n) is 9.29. The van der Waals surface area contributed by atoms with Crippen molar-refractivity contribution >= 4 is 23.2 Å². The molecule has 3 rings (SSSR count). The van der Waals surface area contributed by atoms with E-state index in [2.05, 4.69) is 5.32 Å². The molecule has 1 aliphatic rings. The Bertz CT molecular complexity index is 823. The molecule has 0 aliphatic carbocycles. The molecule has 2 aromatic carbocycles. The van der Waals surface area contributed by atoms with Gasteiger partial charge >= 0.3 is 0 Å².